The van der Waals surface area contributed by atoms with Gasteiger partial charge in [-0.3, -0.25) is 9.20 Å². The van der Waals surface area contributed by atoms with E-state index in [0.29, 0.717) is 12.4 Å². The van der Waals surface area contributed by atoms with Gasteiger partial charge in [-0.1, -0.05) is 13.8 Å². The Hall–Kier alpha value is -2.98. The zero-order valence-corrected chi connectivity index (χ0v) is 19.7. The minimum atomic E-state index is -0.461. The van der Waals surface area contributed by atoms with E-state index in [0.717, 1.165) is 73.9 Å². The van der Waals surface area contributed by atoms with Gasteiger partial charge in [0.15, 0.2) is 5.82 Å². The molecule has 4 rings (SSSR count). The van der Waals surface area contributed by atoms with Crippen molar-refractivity contribution >= 4 is 34.1 Å². The van der Waals surface area contributed by atoms with Gasteiger partial charge in [0.25, 0.3) is 0 Å². The van der Waals surface area contributed by atoms with Crippen LogP contribution < -0.4 is 21.3 Å². The van der Waals surface area contributed by atoms with Crippen LogP contribution in [0.3, 0.4) is 0 Å². The maximum atomic E-state index is 12.0. The lowest BCUT2D eigenvalue weighted by molar-refractivity contribution is -0.123. The summed E-state index contributed by atoms with van der Waals surface area (Å²) < 4.78 is 7.52. The normalized spacial score (nSPS) is 15.4. The highest BCUT2D eigenvalue weighted by Gasteiger charge is 2.17. The second-order valence-electron chi connectivity index (χ2n) is 8.83. The molecule has 0 radical (unpaired) electrons. The van der Waals surface area contributed by atoms with E-state index in [-0.39, 0.29) is 11.8 Å². The zero-order valence-electron chi connectivity index (χ0n) is 19.7. The Kier molecular flexibility index (Phi) is 7.24. The van der Waals surface area contributed by atoms with Crippen LogP contribution in [0.5, 0.6) is 0 Å². The van der Waals surface area contributed by atoms with Crippen LogP contribution in [0.2, 0.25) is 0 Å². The first kappa shape index (κ1) is 23.2. The van der Waals surface area contributed by atoms with Gasteiger partial charge in [0.2, 0.25) is 11.6 Å². The highest BCUT2D eigenvalue weighted by atomic mass is 16.5. The topological polar surface area (TPSA) is 123 Å². The van der Waals surface area contributed by atoms with Gasteiger partial charge in [0.1, 0.15) is 5.82 Å². The number of carbonyl (C=O) groups is 1. The first-order valence-electron chi connectivity index (χ1n) is 11.7. The number of nitrogens with one attached hydrogen (secondary N) is 2. The molecule has 1 unspecified atom stereocenters. The molecule has 0 saturated carbocycles. The summed E-state index contributed by atoms with van der Waals surface area (Å²) in [7, 11) is 0. The number of nitrogens with zero attached hydrogens (tertiary/aromatic N) is 5. The third-order valence-corrected chi connectivity index (χ3v) is 6.06. The van der Waals surface area contributed by atoms with Gasteiger partial charge in [-0.2, -0.15) is 0 Å². The largest absolute Gasteiger partial charge is 0.378 e. The van der Waals surface area contributed by atoms with Crippen LogP contribution in [-0.4, -0.2) is 70.9 Å². The van der Waals surface area contributed by atoms with E-state index in [1.165, 1.54) is 0 Å². The molecule has 1 aliphatic heterocycles. The number of amides is 1. The molecule has 1 fully saturated rings. The van der Waals surface area contributed by atoms with Crippen molar-refractivity contribution < 1.29 is 9.53 Å². The summed E-state index contributed by atoms with van der Waals surface area (Å²) in [6.45, 7) is 10.4. The van der Waals surface area contributed by atoms with E-state index in [4.69, 9.17) is 15.5 Å². The second-order valence-corrected chi connectivity index (χ2v) is 8.83. The van der Waals surface area contributed by atoms with E-state index in [1.807, 2.05) is 25.2 Å². The van der Waals surface area contributed by atoms with Crippen LogP contribution in [-0.2, 0) is 9.53 Å². The molecule has 10 nitrogen and oxygen atoms in total. The van der Waals surface area contributed by atoms with Crippen molar-refractivity contribution in [3.8, 4) is 0 Å². The van der Waals surface area contributed by atoms with Gasteiger partial charge in [-0.25, -0.2) is 4.98 Å². The van der Waals surface area contributed by atoms with Crippen LogP contribution in [0.15, 0.2) is 18.2 Å². The standard InChI is InChI=1S/C23H34N8O2/c1-15(2)20(24)23(32)26-9-5-4-8-25-21-22-29-28-16(3)31(22)19-7-6-17(14-18(19)27-21)30-10-12-33-13-11-30/h6-7,14-15,20H,4-5,8-13,24H2,1-3H3,(H,25,27)(H,26,32). The predicted molar refractivity (Wildman–Crippen MR) is 130 cm³/mol. The molecule has 33 heavy (non-hydrogen) atoms. The van der Waals surface area contributed by atoms with Crippen molar-refractivity contribution in [3.05, 3.63) is 24.0 Å². The number of carbonyl (C=O) groups excluding carboxylic acids is 1. The molecule has 1 saturated heterocycles. The number of nitrogens with two attached hydrogens (primary N) is 1. The molecule has 0 aliphatic carbocycles. The van der Waals surface area contributed by atoms with Gasteiger partial charge < -0.3 is 26.0 Å². The van der Waals surface area contributed by atoms with Crippen molar-refractivity contribution in [1.29, 1.82) is 0 Å². The molecule has 1 amide bonds. The van der Waals surface area contributed by atoms with Crippen LogP contribution in [0.25, 0.3) is 16.7 Å². The summed E-state index contributed by atoms with van der Waals surface area (Å²) in [6, 6.07) is 5.88. The lowest BCUT2D eigenvalue weighted by atomic mass is 10.1. The minimum absolute atomic E-state index is 0.0918. The molecule has 1 atom stereocenters. The average molecular weight is 455 g/mol. The molecule has 178 valence electrons. The van der Waals surface area contributed by atoms with Crippen molar-refractivity contribution in [2.45, 2.75) is 39.7 Å². The monoisotopic (exact) mass is 454 g/mol. The van der Waals surface area contributed by atoms with Crippen LogP contribution >= 0.6 is 0 Å². The van der Waals surface area contributed by atoms with Crippen LogP contribution in [0.4, 0.5) is 11.5 Å². The quantitative estimate of drug-likeness (QED) is 0.418. The number of hydrogen-bond donors (Lipinski definition) is 3. The first-order valence-corrected chi connectivity index (χ1v) is 11.7. The Morgan fingerprint density at radius 2 is 1.94 bits per heavy atom. The fraction of sp³-hybridized carbons (Fsp3) is 0.565. The highest BCUT2D eigenvalue weighted by Crippen LogP contribution is 2.26. The van der Waals surface area contributed by atoms with Gasteiger partial charge in [0, 0.05) is 31.9 Å². The van der Waals surface area contributed by atoms with E-state index in [9.17, 15) is 4.79 Å². The number of fused-ring (bicyclic) bond motifs is 3. The highest BCUT2D eigenvalue weighted by molar-refractivity contribution is 5.85. The number of aryl methyl sites for hydroxylation is 1. The fourth-order valence-corrected chi connectivity index (χ4v) is 3.99. The summed E-state index contributed by atoms with van der Waals surface area (Å²) in [5.74, 6) is 1.58. The van der Waals surface area contributed by atoms with Gasteiger partial charge >= 0.3 is 0 Å². The van der Waals surface area contributed by atoms with Crippen LogP contribution in [0.1, 0.15) is 32.5 Å². The lowest BCUT2D eigenvalue weighted by Gasteiger charge is -2.29. The van der Waals surface area contributed by atoms with Gasteiger partial charge in [0.05, 0.1) is 30.3 Å². The van der Waals surface area contributed by atoms with Gasteiger partial charge in [-0.15, -0.1) is 10.2 Å². The molecule has 3 aromatic rings. The Morgan fingerprint density at radius 1 is 1.18 bits per heavy atom. The molecular weight excluding hydrogens is 420 g/mol. The summed E-state index contributed by atoms with van der Waals surface area (Å²) >= 11 is 0. The summed E-state index contributed by atoms with van der Waals surface area (Å²) in [6.07, 6.45) is 1.73. The number of unbranched alkanes of at least 4 members (excludes halogenated alkanes) is 1. The molecule has 1 aliphatic rings. The lowest BCUT2D eigenvalue weighted by Crippen LogP contribution is -2.44. The second kappa shape index (κ2) is 10.3. The van der Waals surface area contributed by atoms with E-state index in [2.05, 4.69) is 43.9 Å². The van der Waals surface area contributed by atoms with Crippen molar-refractivity contribution in [3.63, 3.8) is 0 Å². The predicted octanol–water partition coefficient (Wildman–Crippen LogP) is 1.71. The summed E-state index contributed by atoms with van der Waals surface area (Å²) in [5, 5.41) is 14.9. The first-order chi connectivity index (χ1) is 16.0. The molecule has 1 aromatic carbocycles. The number of morpholine rings is 1. The minimum Gasteiger partial charge on any atom is -0.378 e. The Morgan fingerprint density at radius 3 is 2.70 bits per heavy atom. The molecule has 2 aromatic heterocycles. The number of rotatable bonds is 9. The third kappa shape index (κ3) is 5.17. The van der Waals surface area contributed by atoms with E-state index in [1.54, 1.807) is 0 Å². The third-order valence-electron chi connectivity index (χ3n) is 6.06. The molecule has 4 N–H and O–H groups in total. The van der Waals surface area contributed by atoms with Crippen molar-refractivity contribution in [2.75, 3.05) is 49.6 Å². The van der Waals surface area contributed by atoms with Crippen molar-refractivity contribution in [2.24, 2.45) is 11.7 Å². The van der Waals surface area contributed by atoms with E-state index >= 15 is 0 Å². The maximum Gasteiger partial charge on any atom is 0.237 e. The molecule has 10 heteroatoms. The molecule has 0 spiro atoms. The molecule has 3 heterocycles. The van der Waals surface area contributed by atoms with Crippen molar-refractivity contribution in [1.82, 2.24) is 24.9 Å². The summed E-state index contributed by atoms with van der Waals surface area (Å²) in [4.78, 5) is 19.2. The van der Waals surface area contributed by atoms with Gasteiger partial charge in [-0.05, 0) is 43.9 Å². The molecule has 0 bridgehead atoms. The van der Waals surface area contributed by atoms with E-state index < -0.39 is 6.04 Å². The van der Waals surface area contributed by atoms with Crippen LogP contribution in [0, 0.1) is 12.8 Å². The Bertz CT molecular complexity index is 1110. The summed E-state index contributed by atoms with van der Waals surface area (Å²) in [5.41, 5.74) is 9.62. The number of anilines is 2. The fourth-order valence-electron chi connectivity index (χ4n) is 3.99. The Labute approximate surface area is 193 Å². The maximum absolute atomic E-state index is 12.0. The smallest absolute Gasteiger partial charge is 0.237 e. The number of ether oxygens (including phenoxy) is 1. The average Bonchev–Trinajstić information content (AvgIpc) is 3.22. The molecular formula is C23H34N8O2. The zero-order chi connectivity index (χ0) is 23.4. The SMILES string of the molecule is Cc1nnc2c(NCCCCNC(=O)C(N)C(C)C)nc3cc(N4CCOCC4)ccc3n12. The number of benzene rings is 1. The number of aromatic nitrogens is 4. The Balaban J connectivity index is 1.43. The number of hydrogen-bond acceptors (Lipinski definition) is 8.